The molecule has 0 bridgehead atoms. The maximum Gasteiger partial charge on any atom is 0.117 e. The molecule has 0 radical (unpaired) electrons. The van der Waals surface area contributed by atoms with Gasteiger partial charge in [0, 0.05) is 30.8 Å². The Hall–Kier alpha value is -1.17. The van der Waals surface area contributed by atoms with Crippen molar-refractivity contribution >= 4 is 22.7 Å². The van der Waals surface area contributed by atoms with Gasteiger partial charge in [0.25, 0.3) is 0 Å². The van der Waals surface area contributed by atoms with E-state index in [0.29, 0.717) is 0 Å². The molecule has 0 saturated carbocycles. The Morgan fingerprint density at radius 2 is 1.90 bits per heavy atom. The second-order valence-electron chi connectivity index (χ2n) is 4.82. The van der Waals surface area contributed by atoms with Crippen LogP contribution in [0.3, 0.4) is 0 Å². The van der Waals surface area contributed by atoms with Crippen LogP contribution in [0, 0.1) is 0 Å². The van der Waals surface area contributed by atoms with Crippen LogP contribution in [0.15, 0.2) is 35.6 Å². The molecular weight excluding hydrogens is 280 g/mol. The van der Waals surface area contributed by atoms with Crippen LogP contribution in [0.2, 0.25) is 0 Å². The second kappa shape index (κ2) is 8.97. The number of fused-ring (bicyclic) bond motifs is 1. The zero-order chi connectivity index (χ0) is 14.9. The fraction of sp³-hybridized carbons (Fsp3) is 0.500. The molecule has 1 heterocycles. The number of hydrogen-bond donors (Lipinski definition) is 1. The molecule has 114 valence electrons. The van der Waals surface area contributed by atoms with Crippen molar-refractivity contribution in [2.75, 3.05) is 38.5 Å². The second-order valence-corrected chi connectivity index (χ2v) is 5.90. The summed E-state index contributed by atoms with van der Waals surface area (Å²) in [5, 5.41) is 5.72. The quantitative estimate of drug-likeness (QED) is 0.438. The molecule has 0 aliphatic carbocycles. The molecule has 0 saturated heterocycles. The van der Waals surface area contributed by atoms with E-state index in [0.717, 1.165) is 54.4 Å². The Labute approximate surface area is 131 Å². The van der Waals surface area contributed by atoms with E-state index in [-0.39, 0.29) is 0 Å². The predicted octanol–water partition coefficient (Wildman–Crippen LogP) is 2.65. The number of para-hydroxylation sites is 1. The molecule has 4 nitrogen and oxygen atoms in total. The van der Waals surface area contributed by atoms with Crippen LogP contribution in [0.1, 0.15) is 13.8 Å². The Morgan fingerprint density at radius 1 is 1.10 bits per heavy atom. The van der Waals surface area contributed by atoms with Crippen LogP contribution in [-0.2, 0) is 0 Å². The Balaban J connectivity index is 1.73. The van der Waals surface area contributed by atoms with Crippen LogP contribution in [-0.4, -0.2) is 53.3 Å². The summed E-state index contributed by atoms with van der Waals surface area (Å²) in [6.07, 6.45) is 1.65. The molecule has 0 atom stereocenters. The highest BCUT2D eigenvalue weighted by atomic mass is 32.2. The van der Waals surface area contributed by atoms with Gasteiger partial charge in [-0.05, 0) is 19.2 Å². The molecular formula is C16H24N4S. The summed E-state index contributed by atoms with van der Waals surface area (Å²) < 4.78 is 0. The molecule has 0 amide bonds. The van der Waals surface area contributed by atoms with Gasteiger partial charge in [0.2, 0.25) is 0 Å². The van der Waals surface area contributed by atoms with Gasteiger partial charge in [-0.1, -0.05) is 32.0 Å². The van der Waals surface area contributed by atoms with Gasteiger partial charge in [-0.3, -0.25) is 0 Å². The highest BCUT2D eigenvalue weighted by Crippen LogP contribution is 2.23. The molecule has 5 heteroatoms. The highest BCUT2D eigenvalue weighted by Gasteiger charge is 2.03. The third-order valence-electron chi connectivity index (χ3n) is 3.52. The number of nitrogens with one attached hydrogen (secondary N) is 1. The van der Waals surface area contributed by atoms with Gasteiger partial charge in [-0.25, -0.2) is 9.97 Å². The standard InChI is InChI=1S/C16H24N4S/c1-3-20(4-2)11-9-17-10-12-21-16-14-7-5-6-8-15(14)18-13-19-16/h5-8,13,17H,3-4,9-12H2,1-2H3. The van der Waals surface area contributed by atoms with Crippen LogP contribution in [0.4, 0.5) is 0 Å². The van der Waals surface area contributed by atoms with Crippen molar-refractivity contribution in [2.24, 2.45) is 0 Å². The average molecular weight is 304 g/mol. The Kier molecular flexibility index (Phi) is 6.92. The number of thioether (sulfide) groups is 1. The normalized spacial score (nSPS) is 11.4. The van der Waals surface area contributed by atoms with E-state index in [1.165, 1.54) is 0 Å². The number of hydrogen-bond acceptors (Lipinski definition) is 5. The molecule has 2 aromatic rings. The minimum atomic E-state index is 1.00. The summed E-state index contributed by atoms with van der Waals surface area (Å²) >= 11 is 1.79. The minimum Gasteiger partial charge on any atom is -0.315 e. The van der Waals surface area contributed by atoms with Crippen molar-refractivity contribution in [1.29, 1.82) is 0 Å². The van der Waals surface area contributed by atoms with Crippen LogP contribution in [0.5, 0.6) is 0 Å². The molecule has 0 aliphatic heterocycles. The third-order valence-corrected chi connectivity index (χ3v) is 4.53. The first-order valence-corrected chi connectivity index (χ1v) is 8.59. The SMILES string of the molecule is CCN(CC)CCNCCSc1ncnc2ccccc12. The molecule has 0 spiro atoms. The lowest BCUT2D eigenvalue weighted by atomic mass is 10.2. The van der Waals surface area contributed by atoms with E-state index in [4.69, 9.17) is 0 Å². The average Bonchev–Trinajstić information content (AvgIpc) is 2.54. The molecule has 0 aliphatic rings. The van der Waals surface area contributed by atoms with Crippen LogP contribution in [0.25, 0.3) is 10.9 Å². The van der Waals surface area contributed by atoms with Crippen molar-refractivity contribution in [3.63, 3.8) is 0 Å². The first-order chi connectivity index (χ1) is 10.3. The zero-order valence-corrected chi connectivity index (χ0v) is 13.7. The summed E-state index contributed by atoms with van der Waals surface area (Å²) in [6.45, 7) is 9.84. The zero-order valence-electron chi connectivity index (χ0n) is 12.9. The van der Waals surface area contributed by atoms with Crippen molar-refractivity contribution in [2.45, 2.75) is 18.9 Å². The molecule has 1 aromatic heterocycles. The number of benzene rings is 1. The van der Waals surface area contributed by atoms with Gasteiger partial charge < -0.3 is 10.2 Å². The maximum atomic E-state index is 4.40. The topological polar surface area (TPSA) is 41.0 Å². The Bertz CT molecular complexity index is 537. The van der Waals surface area contributed by atoms with Gasteiger partial charge in [0.1, 0.15) is 11.4 Å². The number of likely N-dealkylation sites (N-methyl/N-ethyl adjacent to an activating group) is 1. The van der Waals surface area contributed by atoms with E-state index in [2.05, 4.69) is 40.1 Å². The van der Waals surface area contributed by atoms with Gasteiger partial charge >= 0.3 is 0 Å². The largest absolute Gasteiger partial charge is 0.315 e. The predicted molar refractivity (Wildman–Crippen MR) is 90.9 cm³/mol. The molecule has 1 aromatic carbocycles. The van der Waals surface area contributed by atoms with Gasteiger partial charge in [-0.15, -0.1) is 11.8 Å². The first kappa shape index (κ1) is 16.2. The smallest absolute Gasteiger partial charge is 0.117 e. The summed E-state index contributed by atoms with van der Waals surface area (Å²) in [4.78, 5) is 11.1. The lowest BCUT2D eigenvalue weighted by molar-refractivity contribution is 0.303. The van der Waals surface area contributed by atoms with Crippen LogP contribution >= 0.6 is 11.8 Å². The van der Waals surface area contributed by atoms with Crippen molar-refractivity contribution in [3.05, 3.63) is 30.6 Å². The van der Waals surface area contributed by atoms with E-state index in [9.17, 15) is 0 Å². The van der Waals surface area contributed by atoms with Crippen molar-refractivity contribution < 1.29 is 0 Å². The van der Waals surface area contributed by atoms with E-state index >= 15 is 0 Å². The lowest BCUT2D eigenvalue weighted by Crippen LogP contribution is -2.32. The fourth-order valence-corrected chi connectivity index (χ4v) is 3.11. The van der Waals surface area contributed by atoms with Gasteiger partial charge in [-0.2, -0.15) is 0 Å². The van der Waals surface area contributed by atoms with Gasteiger partial charge in [0.05, 0.1) is 5.52 Å². The summed E-state index contributed by atoms with van der Waals surface area (Å²) in [6, 6.07) is 8.17. The maximum absolute atomic E-state index is 4.40. The molecule has 0 unspecified atom stereocenters. The first-order valence-electron chi connectivity index (χ1n) is 7.60. The molecule has 2 rings (SSSR count). The Morgan fingerprint density at radius 3 is 2.71 bits per heavy atom. The monoisotopic (exact) mass is 304 g/mol. The number of nitrogens with zero attached hydrogens (tertiary/aromatic N) is 3. The lowest BCUT2D eigenvalue weighted by Gasteiger charge is -2.17. The van der Waals surface area contributed by atoms with E-state index < -0.39 is 0 Å². The molecule has 1 N–H and O–H groups in total. The molecule has 21 heavy (non-hydrogen) atoms. The van der Waals surface area contributed by atoms with Gasteiger partial charge in [0.15, 0.2) is 0 Å². The van der Waals surface area contributed by atoms with Crippen molar-refractivity contribution in [1.82, 2.24) is 20.2 Å². The third kappa shape index (κ3) is 4.95. The van der Waals surface area contributed by atoms with E-state index in [1.807, 2.05) is 18.2 Å². The summed E-state index contributed by atoms with van der Waals surface area (Å²) in [5.74, 6) is 1.03. The summed E-state index contributed by atoms with van der Waals surface area (Å²) in [5.41, 5.74) is 1.02. The summed E-state index contributed by atoms with van der Waals surface area (Å²) in [7, 11) is 0. The number of rotatable bonds is 9. The van der Waals surface area contributed by atoms with E-state index in [1.54, 1.807) is 18.1 Å². The van der Waals surface area contributed by atoms with Crippen molar-refractivity contribution in [3.8, 4) is 0 Å². The minimum absolute atomic E-state index is 1.00. The highest BCUT2D eigenvalue weighted by molar-refractivity contribution is 7.99. The number of aromatic nitrogens is 2. The molecule has 0 fully saturated rings. The fourth-order valence-electron chi connectivity index (χ4n) is 2.22. The van der Waals surface area contributed by atoms with Crippen LogP contribution < -0.4 is 5.32 Å².